The van der Waals surface area contributed by atoms with Crippen molar-refractivity contribution < 1.29 is 23.1 Å². The van der Waals surface area contributed by atoms with E-state index in [-0.39, 0.29) is 29.2 Å². The van der Waals surface area contributed by atoms with Crippen molar-refractivity contribution in [3.05, 3.63) is 29.8 Å². The minimum Gasteiger partial charge on any atom is -0.481 e. The minimum atomic E-state index is -3.51. The largest absolute Gasteiger partial charge is 0.481 e. The lowest BCUT2D eigenvalue weighted by Crippen LogP contribution is -2.30. The van der Waals surface area contributed by atoms with Gasteiger partial charge in [-0.2, -0.15) is 0 Å². The maximum Gasteiger partial charge on any atom is 0.305 e. The van der Waals surface area contributed by atoms with Gasteiger partial charge in [-0.15, -0.1) is 0 Å². The second kappa shape index (κ2) is 7.21. The van der Waals surface area contributed by atoms with Crippen LogP contribution in [0, 0.1) is 0 Å². The van der Waals surface area contributed by atoms with Crippen molar-refractivity contribution in [3.63, 3.8) is 0 Å². The highest BCUT2D eigenvalue weighted by Crippen LogP contribution is 2.19. The van der Waals surface area contributed by atoms with Crippen LogP contribution in [-0.4, -0.2) is 49.6 Å². The van der Waals surface area contributed by atoms with Gasteiger partial charge < -0.3 is 10.0 Å². The van der Waals surface area contributed by atoms with Crippen LogP contribution in [0.1, 0.15) is 30.1 Å². The number of aliphatic carboxylic acids is 1. The quantitative estimate of drug-likeness (QED) is 0.822. The molecular weight excluding hydrogens is 294 g/mol. The van der Waals surface area contributed by atoms with Gasteiger partial charge in [-0.05, 0) is 18.6 Å². The number of benzene rings is 1. The van der Waals surface area contributed by atoms with Crippen molar-refractivity contribution in [2.24, 2.45) is 0 Å². The van der Waals surface area contributed by atoms with Crippen LogP contribution in [0.15, 0.2) is 29.2 Å². The molecule has 0 atom stereocenters. The summed E-state index contributed by atoms with van der Waals surface area (Å²) in [5.41, 5.74) is 0.0823. The van der Waals surface area contributed by atoms with Crippen LogP contribution in [0.5, 0.6) is 0 Å². The highest BCUT2D eigenvalue weighted by Gasteiger charge is 2.23. The first kappa shape index (κ1) is 17.2. The topological polar surface area (TPSA) is 91.8 Å². The molecule has 0 aliphatic heterocycles. The number of carboxylic acids is 1. The molecule has 0 fully saturated rings. The zero-order valence-corrected chi connectivity index (χ0v) is 12.9. The molecule has 0 bridgehead atoms. The molecule has 0 aliphatic carbocycles. The van der Waals surface area contributed by atoms with Crippen LogP contribution in [0.3, 0.4) is 0 Å². The van der Waals surface area contributed by atoms with E-state index in [0.29, 0.717) is 6.42 Å². The van der Waals surface area contributed by atoms with Crippen molar-refractivity contribution >= 4 is 21.7 Å². The van der Waals surface area contributed by atoms with Crippen LogP contribution >= 0.6 is 0 Å². The second-order valence-corrected chi connectivity index (χ2v) is 6.76. The first-order chi connectivity index (χ1) is 9.79. The van der Waals surface area contributed by atoms with E-state index in [1.165, 1.54) is 24.1 Å². The number of nitrogens with zero attached hydrogens (tertiary/aromatic N) is 1. The summed E-state index contributed by atoms with van der Waals surface area (Å²) >= 11 is 0. The van der Waals surface area contributed by atoms with E-state index in [1.807, 2.05) is 0 Å². The standard InChI is InChI=1S/C14H19NO5S/c1-3-10-21(19,20)12-7-5-4-6-11(12)14(18)15(2)9-8-13(16)17/h4-7H,3,8-10H2,1-2H3,(H,16,17). The highest BCUT2D eigenvalue weighted by molar-refractivity contribution is 7.91. The molecule has 0 heterocycles. The summed E-state index contributed by atoms with van der Waals surface area (Å²) in [4.78, 5) is 24.1. The number of amides is 1. The summed E-state index contributed by atoms with van der Waals surface area (Å²) in [6.07, 6.45) is 0.270. The van der Waals surface area contributed by atoms with E-state index in [4.69, 9.17) is 5.11 Å². The lowest BCUT2D eigenvalue weighted by Gasteiger charge is -2.18. The van der Waals surface area contributed by atoms with E-state index < -0.39 is 21.7 Å². The molecule has 0 unspecified atom stereocenters. The van der Waals surface area contributed by atoms with Gasteiger partial charge in [0.1, 0.15) is 0 Å². The van der Waals surface area contributed by atoms with Gasteiger partial charge in [0.15, 0.2) is 9.84 Å². The Balaban J connectivity index is 3.08. The van der Waals surface area contributed by atoms with E-state index >= 15 is 0 Å². The van der Waals surface area contributed by atoms with Gasteiger partial charge in [0.2, 0.25) is 0 Å². The number of carbonyl (C=O) groups is 2. The molecule has 1 aromatic rings. The van der Waals surface area contributed by atoms with Gasteiger partial charge in [-0.25, -0.2) is 8.42 Å². The summed E-state index contributed by atoms with van der Waals surface area (Å²) in [6.45, 7) is 1.78. The van der Waals surface area contributed by atoms with Crippen molar-refractivity contribution in [1.29, 1.82) is 0 Å². The van der Waals surface area contributed by atoms with Crippen molar-refractivity contribution in [2.75, 3.05) is 19.3 Å². The van der Waals surface area contributed by atoms with Crippen LogP contribution in [0.25, 0.3) is 0 Å². The zero-order chi connectivity index (χ0) is 16.0. The summed E-state index contributed by atoms with van der Waals surface area (Å²) < 4.78 is 24.4. The van der Waals surface area contributed by atoms with Crippen molar-refractivity contribution in [3.8, 4) is 0 Å². The average molecular weight is 313 g/mol. The SMILES string of the molecule is CCCS(=O)(=O)c1ccccc1C(=O)N(C)CCC(=O)O. The number of carboxylic acid groups (broad SMARTS) is 1. The van der Waals surface area contributed by atoms with E-state index in [9.17, 15) is 18.0 Å². The fraction of sp³-hybridized carbons (Fsp3) is 0.429. The molecule has 0 spiro atoms. The molecular formula is C14H19NO5S. The lowest BCUT2D eigenvalue weighted by atomic mass is 10.2. The van der Waals surface area contributed by atoms with Crippen LogP contribution in [-0.2, 0) is 14.6 Å². The fourth-order valence-electron chi connectivity index (χ4n) is 1.86. The van der Waals surface area contributed by atoms with Crippen LogP contribution in [0.4, 0.5) is 0 Å². The first-order valence-electron chi connectivity index (χ1n) is 6.58. The molecule has 0 radical (unpaired) electrons. The molecule has 1 N–H and O–H groups in total. The normalized spacial score (nSPS) is 11.1. The Morgan fingerprint density at radius 1 is 1.24 bits per heavy atom. The number of rotatable bonds is 7. The minimum absolute atomic E-state index is 0.000903. The second-order valence-electron chi connectivity index (χ2n) is 4.69. The third kappa shape index (κ3) is 4.56. The molecule has 6 nitrogen and oxygen atoms in total. The molecule has 21 heavy (non-hydrogen) atoms. The van der Waals surface area contributed by atoms with E-state index in [0.717, 1.165) is 0 Å². The molecule has 1 aromatic carbocycles. The Bertz CT molecular complexity index is 624. The number of sulfone groups is 1. The molecule has 7 heteroatoms. The third-order valence-electron chi connectivity index (χ3n) is 2.93. The Hall–Kier alpha value is -1.89. The maximum absolute atomic E-state index is 12.3. The predicted molar refractivity (Wildman–Crippen MR) is 78.0 cm³/mol. The summed E-state index contributed by atoms with van der Waals surface area (Å²) in [7, 11) is -2.06. The smallest absolute Gasteiger partial charge is 0.305 e. The Morgan fingerprint density at radius 3 is 2.43 bits per heavy atom. The van der Waals surface area contributed by atoms with Crippen molar-refractivity contribution in [2.45, 2.75) is 24.7 Å². The lowest BCUT2D eigenvalue weighted by molar-refractivity contribution is -0.137. The van der Waals surface area contributed by atoms with E-state index in [2.05, 4.69) is 0 Å². The first-order valence-corrected chi connectivity index (χ1v) is 8.24. The molecule has 116 valence electrons. The van der Waals surface area contributed by atoms with Gasteiger partial charge in [0, 0.05) is 13.6 Å². The van der Waals surface area contributed by atoms with Gasteiger partial charge >= 0.3 is 5.97 Å². The Labute approximate surface area is 124 Å². The average Bonchev–Trinajstić information content (AvgIpc) is 2.43. The Kier molecular flexibility index (Phi) is 5.90. The summed E-state index contributed by atoms with van der Waals surface area (Å²) in [6, 6.07) is 6.01. The predicted octanol–water partition coefficient (Wildman–Crippen LogP) is 1.42. The Morgan fingerprint density at radius 2 is 1.86 bits per heavy atom. The number of hydrogen-bond acceptors (Lipinski definition) is 4. The van der Waals surface area contributed by atoms with Crippen LogP contribution < -0.4 is 0 Å². The summed E-state index contributed by atoms with van der Waals surface area (Å²) in [5.74, 6) is -1.54. The van der Waals surface area contributed by atoms with Gasteiger partial charge in [0.25, 0.3) is 5.91 Å². The monoisotopic (exact) mass is 313 g/mol. The van der Waals surface area contributed by atoms with Gasteiger partial charge in [0.05, 0.1) is 22.6 Å². The summed E-state index contributed by atoms with van der Waals surface area (Å²) in [5, 5.41) is 8.63. The molecule has 1 amide bonds. The molecule has 1 rings (SSSR count). The zero-order valence-electron chi connectivity index (χ0n) is 12.1. The molecule has 0 aromatic heterocycles. The number of hydrogen-bond donors (Lipinski definition) is 1. The third-order valence-corrected chi connectivity index (χ3v) is 4.90. The fourth-order valence-corrected chi connectivity index (χ4v) is 3.40. The molecule has 0 aliphatic rings. The molecule has 0 saturated carbocycles. The molecule has 0 saturated heterocycles. The number of carbonyl (C=O) groups excluding carboxylic acids is 1. The van der Waals surface area contributed by atoms with Crippen molar-refractivity contribution in [1.82, 2.24) is 4.90 Å². The van der Waals surface area contributed by atoms with E-state index in [1.54, 1.807) is 19.1 Å². The van der Waals surface area contributed by atoms with Crippen LogP contribution in [0.2, 0.25) is 0 Å². The van der Waals surface area contributed by atoms with Gasteiger partial charge in [-0.3, -0.25) is 9.59 Å². The maximum atomic E-state index is 12.3. The van der Waals surface area contributed by atoms with Gasteiger partial charge in [-0.1, -0.05) is 19.1 Å². The highest BCUT2D eigenvalue weighted by atomic mass is 32.2.